The van der Waals surface area contributed by atoms with Crippen LogP contribution < -0.4 is 15.2 Å². The number of para-hydroxylation sites is 1. The molecule has 1 atom stereocenters. The largest absolute Gasteiger partial charge is 0.586 e. The van der Waals surface area contributed by atoms with Crippen LogP contribution in [0.1, 0.15) is 38.3 Å². The lowest BCUT2D eigenvalue weighted by atomic mass is 9.97. The Morgan fingerprint density at radius 1 is 1.22 bits per heavy atom. The third kappa shape index (κ3) is 2.72. The van der Waals surface area contributed by atoms with Crippen molar-refractivity contribution in [3.8, 4) is 11.5 Å². The fraction of sp³-hybridized carbons (Fsp3) is 0.538. The van der Waals surface area contributed by atoms with Gasteiger partial charge in [-0.2, -0.15) is 0 Å². The van der Waals surface area contributed by atoms with Crippen molar-refractivity contribution in [3.63, 3.8) is 0 Å². The van der Waals surface area contributed by atoms with Crippen molar-refractivity contribution in [1.82, 2.24) is 0 Å². The Bertz CT molecular complexity index is 435. The van der Waals surface area contributed by atoms with Crippen molar-refractivity contribution >= 4 is 0 Å². The topological polar surface area (TPSA) is 44.5 Å². The van der Waals surface area contributed by atoms with E-state index in [0.717, 1.165) is 12.8 Å². The summed E-state index contributed by atoms with van der Waals surface area (Å²) in [5.74, 6) is 0.641. The van der Waals surface area contributed by atoms with Gasteiger partial charge in [0, 0.05) is 11.6 Å². The third-order valence-corrected chi connectivity index (χ3v) is 2.91. The van der Waals surface area contributed by atoms with Gasteiger partial charge in [0.25, 0.3) is 0 Å². The molecule has 2 rings (SSSR count). The van der Waals surface area contributed by atoms with Gasteiger partial charge in [0.05, 0.1) is 0 Å². The van der Waals surface area contributed by atoms with Crippen LogP contribution in [0.2, 0.25) is 0 Å². The number of alkyl halides is 2. The normalized spacial score (nSPS) is 18.1. The Hall–Kier alpha value is -1.36. The maximum atomic E-state index is 13.0. The van der Waals surface area contributed by atoms with E-state index in [2.05, 4.69) is 23.3 Å². The van der Waals surface area contributed by atoms with Gasteiger partial charge < -0.3 is 15.2 Å². The molecule has 0 bridgehead atoms. The smallest absolute Gasteiger partial charge is 0.395 e. The molecular formula is C13H17F2NO2. The van der Waals surface area contributed by atoms with Gasteiger partial charge in [0.1, 0.15) is 0 Å². The number of hydrogen-bond donors (Lipinski definition) is 1. The lowest BCUT2D eigenvalue weighted by Crippen LogP contribution is -2.26. The highest BCUT2D eigenvalue weighted by molar-refractivity contribution is 5.50. The first kappa shape index (κ1) is 13.1. The number of rotatable bonds is 4. The van der Waals surface area contributed by atoms with E-state index in [4.69, 9.17) is 5.73 Å². The monoisotopic (exact) mass is 257 g/mol. The van der Waals surface area contributed by atoms with Crippen molar-refractivity contribution in [2.75, 3.05) is 0 Å². The molecule has 100 valence electrons. The molecule has 0 unspecified atom stereocenters. The standard InChI is InChI=1S/C13H17F2NO2/c1-8(2)6-7-10(16)9-4-3-5-11-12(9)18-13(14,15)17-11/h3-5,8,10H,6-7,16H2,1-2H3/t10-/m0/s1. The second-order valence-electron chi connectivity index (χ2n) is 4.92. The Morgan fingerprint density at radius 3 is 2.61 bits per heavy atom. The lowest BCUT2D eigenvalue weighted by Gasteiger charge is -2.15. The fourth-order valence-corrected chi connectivity index (χ4v) is 1.95. The van der Waals surface area contributed by atoms with Crippen LogP contribution in [0.15, 0.2) is 18.2 Å². The summed E-state index contributed by atoms with van der Waals surface area (Å²) in [6, 6.07) is 4.48. The molecule has 18 heavy (non-hydrogen) atoms. The van der Waals surface area contributed by atoms with E-state index in [1.807, 2.05) is 0 Å². The molecule has 0 aliphatic carbocycles. The highest BCUT2D eigenvalue weighted by atomic mass is 19.3. The maximum Gasteiger partial charge on any atom is 0.586 e. The van der Waals surface area contributed by atoms with Gasteiger partial charge >= 0.3 is 6.29 Å². The highest BCUT2D eigenvalue weighted by Gasteiger charge is 2.44. The van der Waals surface area contributed by atoms with E-state index >= 15 is 0 Å². The van der Waals surface area contributed by atoms with Crippen LogP contribution >= 0.6 is 0 Å². The molecule has 0 amide bonds. The second-order valence-corrected chi connectivity index (χ2v) is 4.92. The third-order valence-electron chi connectivity index (χ3n) is 2.91. The molecule has 1 aliphatic heterocycles. The second kappa shape index (κ2) is 4.72. The summed E-state index contributed by atoms with van der Waals surface area (Å²) < 4.78 is 34.9. The molecule has 1 aliphatic rings. The summed E-state index contributed by atoms with van der Waals surface area (Å²) in [5, 5.41) is 0. The number of fused-ring (bicyclic) bond motifs is 1. The van der Waals surface area contributed by atoms with Crippen molar-refractivity contribution in [2.24, 2.45) is 11.7 Å². The summed E-state index contributed by atoms with van der Waals surface area (Å²) in [5.41, 5.74) is 6.60. The summed E-state index contributed by atoms with van der Waals surface area (Å²) in [4.78, 5) is 0. The van der Waals surface area contributed by atoms with Gasteiger partial charge in [0.15, 0.2) is 11.5 Å². The first-order valence-electron chi connectivity index (χ1n) is 6.03. The number of halogens is 2. The minimum absolute atomic E-state index is 0.0532. The SMILES string of the molecule is CC(C)CC[C@H](N)c1cccc2c1OC(F)(F)O2. The minimum atomic E-state index is -3.59. The molecule has 0 fully saturated rings. The predicted molar refractivity (Wildman–Crippen MR) is 63.6 cm³/mol. The van der Waals surface area contributed by atoms with Crippen molar-refractivity contribution in [3.05, 3.63) is 23.8 Å². The molecule has 1 aromatic carbocycles. The van der Waals surface area contributed by atoms with Gasteiger partial charge in [-0.1, -0.05) is 26.0 Å². The van der Waals surface area contributed by atoms with Crippen LogP contribution in [0, 0.1) is 5.92 Å². The Kier molecular flexibility index (Phi) is 3.43. The number of benzene rings is 1. The number of ether oxygens (including phenoxy) is 2. The van der Waals surface area contributed by atoms with Gasteiger partial charge in [0.2, 0.25) is 0 Å². The summed E-state index contributed by atoms with van der Waals surface area (Å²) in [7, 11) is 0. The average molecular weight is 257 g/mol. The van der Waals surface area contributed by atoms with Crippen molar-refractivity contribution in [2.45, 2.75) is 39.0 Å². The van der Waals surface area contributed by atoms with Crippen LogP contribution in [0.4, 0.5) is 8.78 Å². The molecular weight excluding hydrogens is 240 g/mol. The molecule has 0 spiro atoms. The van der Waals surface area contributed by atoms with E-state index in [0.29, 0.717) is 11.5 Å². The summed E-state index contributed by atoms with van der Waals surface area (Å²) >= 11 is 0. The minimum Gasteiger partial charge on any atom is -0.395 e. The van der Waals surface area contributed by atoms with Gasteiger partial charge in [-0.05, 0) is 24.8 Å². The molecule has 5 heteroatoms. The summed E-state index contributed by atoms with van der Waals surface area (Å²) in [6.07, 6.45) is -1.93. The Balaban J connectivity index is 2.18. The Morgan fingerprint density at radius 2 is 1.94 bits per heavy atom. The van der Waals surface area contributed by atoms with Crippen molar-refractivity contribution in [1.29, 1.82) is 0 Å². The first-order chi connectivity index (χ1) is 8.39. The molecule has 1 heterocycles. The maximum absolute atomic E-state index is 13.0. The highest BCUT2D eigenvalue weighted by Crippen LogP contribution is 2.45. The molecule has 3 nitrogen and oxygen atoms in total. The van der Waals surface area contributed by atoms with Gasteiger partial charge in [-0.3, -0.25) is 0 Å². The molecule has 0 saturated carbocycles. The molecule has 2 N–H and O–H groups in total. The molecule has 1 aromatic rings. The first-order valence-corrected chi connectivity index (χ1v) is 6.03. The van der Waals surface area contributed by atoms with Gasteiger partial charge in [-0.25, -0.2) is 0 Å². The zero-order valence-corrected chi connectivity index (χ0v) is 10.5. The van der Waals surface area contributed by atoms with Crippen LogP contribution in [0.5, 0.6) is 11.5 Å². The van der Waals surface area contributed by atoms with Crippen LogP contribution in [-0.4, -0.2) is 6.29 Å². The van der Waals surface area contributed by atoms with Crippen LogP contribution in [0.3, 0.4) is 0 Å². The van der Waals surface area contributed by atoms with E-state index in [1.165, 1.54) is 6.07 Å². The van der Waals surface area contributed by atoms with E-state index in [-0.39, 0.29) is 17.5 Å². The summed E-state index contributed by atoms with van der Waals surface area (Å²) in [6.45, 7) is 4.19. The van der Waals surface area contributed by atoms with Crippen LogP contribution in [-0.2, 0) is 0 Å². The van der Waals surface area contributed by atoms with E-state index in [9.17, 15) is 8.78 Å². The zero-order chi connectivity index (χ0) is 13.3. The molecule has 0 saturated heterocycles. The van der Waals surface area contributed by atoms with Crippen molar-refractivity contribution < 1.29 is 18.3 Å². The number of hydrogen-bond acceptors (Lipinski definition) is 3. The Labute approximate surface area is 105 Å². The predicted octanol–water partition coefficient (Wildman–Crippen LogP) is 3.44. The number of nitrogens with two attached hydrogens (primary N) is 1. The van der Waals surface area contributed by atoms with E-state index in [1.54, 1.807) is 12.1 Å². The quantitative estimate of drug-likeness (QED) is 0.898. The van der Waals surface area contributed by atoms with Crippen LogP contribution in [0.25, 0.3) is 0 Å². The molecule has 0 aromatic heterocycles. The van der Waals surface area contributed by atoms with Gasteiger partial charge in [-0.15, -0.1) is 8.78 Å². The average Bonchev–Trinajstić information content (AvgIpc) is 2.59. The molecule has 0 radical (unpaired) electrons. The fourth-order valence-electron chi connectivity index (χ4n) is 1.95. The zero-order valence-electron chi connectivity index (χ0n) is 10.5. The van der Waals surface area contributed by atoms with E-state index < -0.39 is 6.29 Å². The lowest BCUT2D eigenvalue weighted by molar-refractivity contribution is -0.287.